The zero-order valence-corrected chi connectivity index (χ0v) is 15.4. The van der Waals surface area contributed by atoms with E-state index in [1.54, 1.807) is 12.1 Å². The van der Waals surface area contributed by atoms with Crippen LogP contribution in [-0.4, -0.2) is 38.2 Å². The molecule has 0 radical (unpaired) electrons. The van der Waals surface area contributed by atoms with E-state index in [-0.39, 0.29) is 18.5 Å². The van der Waals surface area contributed by atoms with Gasteiger partial charge in [-0.25, -0.2) is 4.99 Å². The van der Waals surface area contributed by atoms with Gasteiger partial charge < -0.3 is 24.7 Å². The summed E-state index contributed by atoms with van der Waals surface area (Å²) in [6, 6.07) is 9.86. The van der Waals surface area contributed by atoms with E-state index < -0.39 is 22.7 Å². The van der Waals surface area contributed by atoms with Gasteiger partial charge >= 0.3 is 0 Å². The summed E-state index contributed by atoms with van der Waals surface area (Å²) < 4.78 is 22.7. The number of rotatable bonds is 4. The molecule has 0 amide bonds. The van der Waals surface area contributed by atoms with Crippen LogP contribution in [0.1, 0.15) is 25.3 Å². The van der Waals surface area contributed by atoms with Gasteiger partial charge in [-0.15, -0.1) is 0 Å². The number of amidine groups is 1. The Bertz CT molecular complexity index is 919. The van der Waals surface area contributed by atoms with Crippen molar-refractivity contribution < 1.29 is 18.9 Å². The Labute approximate surface area is 157 Å². The van der Waals surface area contributed by atoms with E-state index in [0.29, 0.717) is 18.1 Å². The van der Waals surface area contributed by atoms with Gasteiger partial charge in [-0.3, -0.25) is 0 Å². The van der Waals surface area contributed by atoms with E-state index in [9.17, 15) is 10.5 Å². The van der Waals surface area contributed by atoms with E-state index in [2.05, 4.69) is 17.1 Å². The molecule has 4 rings (SSSR count). The van der Waals surface area contributed by atoms with Gasteiger partial charge in [-0.2, -0.15) is 10.5 Å². The summed E-state index contributed by atoms with van der Waals surface area (Å²) >= 11 is 0. The predicted molar refractivity (Wildman–Crippen MR) is 93.8 cm³/mol. The number of hydrogen-bond donors (Lipinski definition) is 1. The van der Waals surface area contributed by atoms with Crippen molar-refractivity contribution in [2.75, 3.05) is 20.3 Å². The van der Waals surface area contributed by atoms with Crippen molar-refractivity contribution in [1.29, 1.82) is 10.5 Å². The summed E-state index contributed by atoms with van der Waals surface area (Å²) in [6.07, 6.45) is -0.252. The van der Waals surface area contributed by atoms with Crippen molar-refractivity contribution in [2.24, 2.45) is 21.6 Å². The van der Waals surface area contributed by atoms with Crippen LogP contribution in [0.15, 0.2) is 23.2 Å². The van der Waals surface area contributed by atoms with Gasteiger partial charge in [0.1, 0.15) is 11.3 Å². The molecule has 0 aromatic heterocycles. The lowest BCUT2D eigenvalue weighted by atomic mass is 9.94. The molecule has 1 saturated heterocycles. The molecule has 2 N–H and O–H groups in total. The number of nitrogens with two attached hydrogens (primary N) is 1. The Morgan fingerprint density at radius 1 is 1.33 bits per heavy atom. The Kier molecular flexibility index (Phi) is 3.64. The smallest absolute Gasteiger partial charge is 0.293 e. The zero-order valence-electron chi connectivity index (χ0n) is 15.4. The summed E-state index contributed by atoms with van der Waals surface area (Å²) in [5.74, 6) is -0.931. The minimum atomic E-state index is -1.56. The molecule has 1 aliphatic carbocycles. The average Bonchev–Trinajstić information content (AvgIpc) is 3.06. The van der Waals surface area contributed by atoms with Crippen LogP contribution < -0.4 is 15.2 Å². The zero-order chi connectivity index (χ0) is 19.4. The molecule has 1 aromatic carbocycles. The third-order valence-corrected chi connectivity index (χ3v) is 5.62. The van der Waals surface area contributed by atoms with Crippen LogP contribution in [0.5, 0.6) is 11.5 Å². The van der Waals surface area contributed by atoms with E-state index in [1.165, 1.54) is 7.11 Å². The highest BCUT2D eigenvalue weighted by atomic mass is 16.8. The number of ether oxygens (including phenoxy) is 4. The molecule has 3 aliphatic rings. The molecule has 1 saturated carbocycles. The molecule has 1 aromatic rings. The molecule has 8 heteroatoms. The van der Waals surface area contributed by atoms with Crippen LogP contribution in [-0.2, 0) is 9.47 Å². The maximum atomic E-state index is 10.1. The first-order valence-electron chi connectivity index (χ1n) is 8.77. The van der Waals surface area contributed by atoms with Gasteiger partial charge in [0.15, 0.2) is 16.9 Å². The summed E-state index contributed by atoms with van der Waals surface area (Å²) in [6.45, 7) is 4.48. The maximum absolute atomic E-state index is 10.1. The van der Waals surface area contributed by atoms with Crippen LogP contribution in [0, 0.1) is 33.5 Å². The number of hydrogen-bond acceptors (Lipinski definition) is 8. The molecular weight excluding hydrogens is 348 g/mol. The molecule has 5 unspecified atom stereocenters. The highest BCUT2D eigenvalue weighted by Crippen LogP contribution is 2.82. The van der Waals surface area contributed by atoms with Crippen LogP contribution in [0.4, 0.5) is 0 Å². The fourth-order valence-corrected chi connectivity index (χ4v) is 4.50. The first-order valence-corrected chi connectivity index (χ1v) is 8.77. The summed E-state index contributed by atoms with van der Waals surface area (Å²) in [7, 11) is 1.54. The minimum absolute atomic E-state index is 0.0681. The maximum Gasteiger partial charge on any atom is 0.293 e. The van der Waals surface area contributed by atoms with Gasteiger partial charge in [-0.05, 0) is 31.5 Å². The standard InChI is InChI=1S/C19H20N4O4/c1-4-25-13-6-5-12(7-14(13)24-3)15-17(9-20)16(22)23-19(18(15,17)10-21)26-8-11(2)27-19/h5-7,11,15H,4,8H2,1-3H3,(H2,22,23). The van der Waals surface area contributed by atoms with Crippen LogP contribution in [0.25, 0.3) is 0 Å². The fraction of sp³-hybridized carbons (Fsp3) is 0.526. The van der Waals surface area contributed by atoms with Gasteiger partial charge in [-0.1, -0.05) is 6.07 Å². The van der Waals surface area contributed by atoms with Crippen LogP contribution in [0.2, 0.25) is 0 Å². The highest BCUT2D eigenvalue weighted by molar-refractivity contribution is 6.00. The van der Waals surface area contributed by atoms with Gasteiger partial charge in [0, 0.05) is 5.92 Å². The monoisotopic (exact) mass is 368 g/mol. The third kappa shape index (κ3) is 1.84. The quantitative estimate of drug-likeness (QED) is 0.857. The summed E-state index contributed by atoms with van der Waals surface area (Å²) in [5, 5.41) is 20.2. The molecule has 5 atom stereocenters. The van der Waals surface area contributed by atoms with Gasteiger partial charge in [0.25, 0.3) is 5.91 Å². The average molecular weight is 368 g/mol. The lowest BCUT2D eigenvalue weighted by Crippen LogP contribution is -2.39. The Morgan fingerprint density at radius 2 is 2.11 bits per heavy atom. The Hall–Kier alpha value is -2.81. The van der Waals surface area contributed by atoms with Crippen molar-refractivity contribution in [2.45, 2.75) is 31.8 Å². The number of methoxy groups -OCH3 is 1. The second-order valence-corrected chi connectivity index (χ2v) is 6.93. The molecule has 2 aliphatic heterocycles. The van der Waals surface area contributed by atoms with E-state index in [1.807, 2.05) is 19.9 Å². The fourth-order valence-electron chi connectivity index (χ4n) is 4.50. The normalized spacial score (nSPS) is 38.6. The molecular formula is C19H20N4O4. The molecule has 2 heterocycles. The largest absolute Gasteiger partial charge is 0.493 e. The second kappa shape index (κ2) is 5.59. The lowest BCUT2D eigenvalue weighted by molar-refractivity contribution is -0.193. The number of nitriles is 2. The van der Waals surface area contributed by atoms with Crippen molar-refractivity contribution in [1.82, 2.24) is 0 Å². The molecule has 140 valence electrons. The Morgan fingerprint density at radius 3 is 2.67 bits per heavy atom. The molecule has 1 spiro atoms. The molecule has 0 bridgehead atoms. The topological polar surface area (TPSA) is 123 Å². The van der Waals surface area contributed by atoms with E-state index in [4.69, 9.17) is 24.7 Å². The van der Waals surface area contributed by atoms with Crippen molar-refractivity contribution in [3.8, 4) is 23.6 Å². The highest BCUT2D eigenvalue weighted by Gasteiger charge is 2.94. The SMILES string of the molecule is CCOc1ccc(C2C3(C#N)C(N)=NC4(OCC(C)O4)C23C#N)cc1OC. The second-order valence-electron chi connectivity index (χ2n) is 6.93. The van der Waals surface area contributed by atoms with Gasteiger partial charge in [0.05, 0.1) is 38.6 Å². The Balaban J connectivity index is 1.85. The van der Waals surface area contributed by atoms with Gasteiger partial charge in [0.2, 0.25) is 0 Å². The first-order chi connectivity index (χ1) is 13.0. The van der Waals surface area contributed by atoms with Crippen molar-refractivity contribution in [3.05, 3.63) is 23.8 Å². The predicted octanol–water partition coefficient (Wildman–Crippen LogP) is 1.67. The summed E-state index contributed by atoms with van der Waals surface area (Å²) in [5.41, 5.74) is 4.24. The number of aliphatic imine (C=N–C) groups is 1. The molecule has 27 heavy (non-hydrogen) atoms. The number of fused-ring (bicyclic) bond motifs is 2. The lowest BCUT2D eigenvalue weighted by Gasteiger charge is -2.26. The molecule has 2 fully saturated rings. The number of benzene rings is 1. The van der Waals surface area contributed by atoms with Crippen LogP contribution >= 0.6 is 0 Å². The van der Waals surface area contributed by atoms with E-state index >= 15 is 0 Å². The van der Waals surface area contributed by atoms with Crippen molar-refractivity contribution in [3.63, 3.8) is 0 Å². The number of nitrogens with zero attached hydrogens (tertiary/aromatic N) is 3. The minimum Gasteiger partial charge on any atom is -0.493 e. The van der Waals surface area contributed by atoms with E-state index in [0.717, 1.165) is 5.56 Å². The molecule has 8 nitrogen and oxygen atoms in total. The third-order valence-electron chi connectivity index (χ3n) is 5.62. The first kappa shape index (κ1) is 17.6. The summed E-state index contributed by atoms with van der Waals surface area (Å²) in [4.78, 5) is 4.30. The van der Waals surface area contributed by atoms with Crippen molar-refractivity contribution >= 4 is 5.84 Å². The van der Waals surface area contributed by atoms with Crippen LogP contribution in [0.3, 0.4) is 0 Å².